The van der Waals surface area contributed by atoms with Gasteiger partial charge in [0.2, 0.25) is 0 Å². The van der Waals surface area contributed by atoms with E-state index in [4.69, 9.17) is 43.3 Å². The first-order valence-electron chi connectivity index (χ1n) is 10.2. The predicted octanol–water partition coefficient (Wildman–Crippen LogP) is 4.61. The molecule has 0 spiro atoms. The molecule has 0 fully saturated rings. The van der Waals surface area contributed by atoms with Gasteiger partial charge in [0.05, 0.1) is 11.5 Å². The van der Waals surface area contributed by atoms with Gasteiger partial charge in [0.15, 0.2) is 51.1 Å². The average Bonchev–Trinajstić information content (AvgIpc) is 3.03. The minimum absolute atomic E-state index is 0. The van der Waals surface area contributed by atoms with E-state index in [0.717, 1.165) is 0 Å². The second-order valence-electron chi connectivity index (χ2n) is 9.85. The van der Waals surface area contributed by atoms with Crippen molar-refractivity contribution in [1.29, 1.82) is 0 Å². The molecule has 1 rings (SSSR count). The van der Waals surface area contributed by atoms with Crippen LogP contribution in [0.1, 0.15) is 34.6 Å². The average molecular weight is 977 g/mol. The summed E-state index contributed by atoms with van der Waals surface area (Å²) in [5.41, 5.74) is -17.1. The van der Waals surface area contributed by atoms with E-state index in [-0.39, 0.29) is 61.2 Å². The molecule has 294 valence electrons. The minimum Gasteiger partial charge on any atom is -0.741 e. The van der Waals surface area contributed by atoms with E-state index in [0.29, 0.717) is 5.92 Å². The summed E-state index contributed by atoms with van der Waals surface area (Å²) >= 11 is 0. The molecule has 1 aliphatic rings. The van der Waals surface area contributed by atoms with Crippen molar-refractivity contribution in [2.45, 2.75) is 74.9 Å². The molecule has 0 aromatic carbocycles. The van der Waals surface area contributed by atoms with E-state index in [9.17, 15) is 39.5 Å². The van der Waals surface area contributed by atoms with E-state index in [1.54, 1.807) is 0 Å². The van der Waals surface area contributed by atoms with Crippen molar-refractivity contribution in [3.8, 4) is 0 Å². The zero-order valence-electron chi connectivity index (χ0n) is 26.4. The summed E-state index contributed by atoms with van der Waals surface area (Å²) in [6.07, 6.45) is 6.57. The van der Waals surface area contributed by atoms with E-state index >= 15 is 0 Å². The van der Waals surface area contributed by atoms with Crippen molar-refractivity contribution in [1.82, 2.24) is 30.8 Å². The molecule has 0 amide bonds. The number of hydrogen-bond donors (Lipinski definition) is 5. The fraction of sp³-hybridized carbons (Fsp3) is 0.824. The first-order valence-corrected chi connectivity index (χ1v) is 17.4. The molecule has 0 saturated carbocycles. The van der Waals surface area contributed by atoms with Crippen molar-refractivity contribution in [3.05, 3.63) is 12.3 Å². The van der Waals surface area contributed by atoms with Gasteiger partial charge in [-0.25, -0.2) is 29.8 Å². The molecular formula is C17H43F9N6O10OsS3Si. The fourth-order valence-corrected chi connectivity index (χ4v) is 3.63. The van der Waals surface area contributed by atoms with E-state index in [1.165, 1.54) is 0 Å². The van der Waals surface area contributed by atoms with Gasteiger partial charge in [-0.05, 0) is 38.1 Å². The second-order valence-corrected chi connectivity index (χ2v) is 18.7. The summed E-state index contributed by atoms with van der Waals surface area (Å²) < 4.78 is 185. The first-order chi connectivity index (χ1) is 17.2. The van der Waals surface area contributed by atoms with Crippen molar-refractivity contribution < 1.29 is 107 Å². The van der Waals surface area contributed by atoms with Crippen LogP contribution in [0.4, 0.5) is 39.5 Å². The molecule has 15 N–H and O–H groups in total. The van der Waals surface area contributed by atoms with Crippen molar-refractivity contribution in [3.63, 3.8) is 0 Å². The SMILES string of the molecule is C[N+]1=CC(C(C)(C)O[Si](C)(C)C(C)(C)C)C=C1.N.N.N.N.N.O=S(=O)([O-])C(F)(F)F.O=S(=O)([O-])C(F)(F)F.O=S(=O)([O-])C(F)(F)F.[Os+2]. The Bertz CT molecular complexity index is 1170. The Balaban J connectivity index is -0.0000000600. The predicted molar refractivity (Wildman–Crippen MR) is 150 cm³/mol. The molecule has 0 aromatic heterocycles. The quantitative estimate of drug-likeness (QED) is 0.0848. The van der Waals surface area contributed by atoms with Gasteiger partial charge in [-0.15, -0.1) is 0 Å². The van der Waals surface area contributed by atoms with Crippen LogP contribution in [-0.4, -0.2) is 87.2 Å². The summed E-state index contributed by atoms with van der Waals surface area (Å²) in [7, 11) is -17.9. The van der Waals surface area contributed by atoms with E-state index < -0.39 is 55.2 Å². The van der Waals surface area contributed by atoms with Crippen LogP contribution in [0.15, 0.2) is 12.3 Å². The van der Waals surface area contributed by atoms with Crippen LogP contribution < -0.4 is 30.8 Å². The Morgan fingerprint density at radius 1 is 0.638 bits per heavy atom. The molecule has 47 heavy (non-hydrogen) atoms. The molecule has 16 nitrogen and oxygen atoms in total. The van der Waals surface area contributed by atoms with Crippen LogP contribution in [0.5, 0.6) is 0 Å². The van der Waals surface area contributed by atoms with Crippen molar-refractivity contribution in [2.75, 3.05) is 7.05 Å². The largest absolute Gasteiger partial charge is 2.00 e. The summed E-state index contributed by atoms with van der Waals surface area (Å²) in [6, 6.07) is 0. The number of hydrogen-bond acceptors (Lipinski definition) is 15. The monoisotopic (exact) mass is 978 g/mol. The third-order valence-corrected chi connectivity index (χ3v) is 11.3. The number of halogens is 9. The van der Waals surface area contributed by atoms with E-state index in [2.05, 4.69) is 77.8 Å². The van der Waals surface area contributed by atoms with Gasteiger partial charge in [0.1, 0.15) is 7.05 Å². The van der Waals surface area contributed by atoms with Crippen LogP contribution in [0.25, 0.3) is 0 Å². The van der Waals surface area contributed by atoms with Gasteiger partial charge >= 0.3 is 36.3 Å². The van der Waals surface area contributed by atoms with E-state index in [1.807, 2.05) is 0 Å². The molecular weight excluding hydrogens is 934 g/mol. The van der Waals surface area contributed by atoms with Crippen LogP contribution in [-0.2, 0) is 54.6 Å². The molecule has 0 aromatic rings. The number of alkyl halides is 9. The molecule has 1 unspecified atom stereocenters. The van der Waals surface area contributed by atoms with Crippen molar-refractivity contribution >= 4 is 44.9 Å². The Morgan fingerprint density at radius 3 is 0.979 bits per heavy atom. The standard InChI is InChI=1S/C14H28NOSi.3CHF3O3S.5H3N.Os/c1-13(2,3)17(7,8)16-14(4,5)12-9-10-15(6)11-12;3*2-1(3,4)8(5,6)7;;;;;;/h9-12H,1-8H3;3*(H,5,6,7);5*1H3;/q+1;;;;;;;;;+2/p-3. The van der Waals surface area contributed by atoms with Gasteiger partial charge < -0.3 is 48.8 Å². The Morgan fingerprint density at radius 2 is 0.851 bits per heavy atom. The first kappa shape index (κ1) is 68.1. The van der Waals surface area contributed by atoms with Gasteiger partial charge in [-0.1, -0.05) is 20.8 Å². The molecule has 30 heteroatoms. The topological polar surface area (TPSA) is 359 Å². The molecule has 1 heterocycles. The van der Waals surface area contributed by atoms with Gasteiger partial charge in [0.25, 0.3) is 0 Å². The van der Waals surface area contributed by atoms with Crippen LogP contribution >= 0.6 is 0 Å². The molecule has 0 aliphatic carbocycles. The number of rotatable bonds is 3. The molecule has 0 bridgehead atoms. The Hall–Kier alpha value is -0.877. The third-order valence-electron chi connectivity index (χ3n) is 4.90. The second kappa shape index (κ2) is 22.0. The zero-order chi connectivity index (χ0) is 34.5. The molecule has 1 aliphatic heterocycles. The molecule has 0 saturated heterocycles. The van der Waals surface area contributed by atoms with Gasteiger partial charge in [-0.3, -0.25) is 0 Å². The summed E-state index contributed by atoms with van der Waals surface area (Å²) in [6.45, 7) is 15.9. The smallest absolute Gasteiger partial charge is 0.741 e. The van der Waals surface area contributed by atoms with Gasteiger partial charge in [0, 0.05) is 0 Å². The molecule has 0 radical (unpaired) electrons. The minimum atomic E-state index is -6.09. The zero-order valence-corrected chi connectivity index (χ0v) is 32.3. The van der Waals surface area contributed by atoms with Crippen LogP contribution in [0.2, 0.25) is 18.1 Å². The molecule has 1 atom stereocenters. The summed E-state index contributed by atoms with van der Waals surface area (Å²) in [5.74, 6) is 0.377. The maximum atomic E-state index is 10.7. The maximum Gasteiger partial charge on any atom is 2.00 e. The normalized spacial score (nSPS) is 15.1. The maximum absolute atomic E-state index is 10.7. The fourth-order valence-electron chi connectivity index (χ4n) is 1.87. The van der Waals surface area contributed by atoms with Crippen LogP contribution in [0, 0.1) is 5.92 Å². The third kappa shape index (κ3) is 26.6. The van der Waals surface area contributed by atoms with Crippen molar-refractivity contribution in [2.24, 2.45) is 5.92 Å². The van der Waals surface area contributed by atoms with Gasteiger partial charge in [-0.2, -0.15) is 39.5 Å². The number of nitrogens with zero attached hydrogens (tertiary/aromatic N) is 1. The Labute approximate surface area is 282 Å². The summed E-state index contributed by atoms with van der Waals surface area (Å²) in [4.78, 5) is 0. The van der Waals surface area contributed by atoms with Crippen LogP contribution in [0.3, 0.4) is 0 Å². The Kier molecular flexibility index (Phi) is 32.0. The summed E-state index contributed by atoms with van der Waals surface area (Å²) in [5, 5.41) is 0.262.